The summed E-state index contributed by atoms with van der Waals surface area (Å²) in [7, 11) is 0. The molecular formula is C16H20ClFN2O2. The van der Waals surface area contributed by atoms with Gasteiger partial charge in [0.25, 0.3) is 5.91 Å². The van der Waals surface area contributed by atoms with E-state index in [9.17, 15) is 9.18 Å². The quantitative estimate of drug-likeness (QED) is 0.855. The summed E-state index contributed by atoms with van der Waals surface area (Å²) in [5.41, 5.74) is -0.0169. The zero-order chi connectivity index (χ0) is 15.5. The van der Waals surface area contributed by atoms with Crippen LogP contribution in [0.3, 0.4) is 0 Å². The molecule has 0 aliphatic carbocycles. The highest BCUT2D eigenvalue weighted by Gasteiger charge is 2.27. The summed E-state index contributed by atoms with van der Waals surface area (Å²) < 4.78 is 19.5. The van der Waals surface area contributed by atoms with Crippen molar-refractivity contribution in [3.8, 4) is 0 Å². The number of benzene rings is 1. The lowest BCUT2D eigenvalue weighted by Gasteiger charge is -2.35. The third kappa shape index (κ3) is 3.42. The van der Waals surface area contributed by atoms with Crippen molar-refractivity contribution in [2.45, 2.75) is 18.9 Å². The number of piperazine rings is 1. The van der Waals surface area contributed by atoms with E-state index in [1.807, 2.05) is 0 Å². The predicted molar refractivity (Wildman–Crippen MR) is 82.7 cm³/mol. The summed E-state index contributed by atoms with van der Waals surface area (Å²) in [5.74, 6) is -0.876. The molecule has 22 heavy (non-hydrogen) atoms. The molecule has 120 valence electrons. The van der Waals surface area contributed by atoms with Crippen molar-refractivity contribution in [1.29, 1.82) is 0 Å². The van der Waals surface area contributed by atoms with Gasteiger partial charge < -0.3 is 9.64 Å². The molecule has 1 unspecified atom stereocenters. The van der Waals surface area contributed by atoms with Crippen LogP contribution in [0, 0.1) is 5.82 Å². The Bertz CT molecular complexity index is 521. The van der Waals surface area contributed by atoms with Crippen molar-refractivity contribution in [3.63, 3.8) is 0 Å². The maximum atomic E-state index is 13.8. The van der Waals surface area contributed by atoms with E-state index in [0.29, 0.717) is 19.2 Å². The first-order valence-electron chi connectivity index (χ1n) is 7.72. The number of amides is 1. The predicted octanol–water partition coefficient (Wildman–Crippen LogP) is 2.42. The normalized spacial score (nSPS) is 23.0. The molecule has 0 saturated carbocycles. The van der Waals surface area contributed by atoms with Gasteiger partial charge in [0.05, 0.1) is 16.7 Å². The Labute approximate surface area is 134 Å². The fourth-order valence-electron chi connectivity index (χ4n) is 3.07. The van der Waals surface area contributed by atoms with Gasteiger partial charge in [-0.1, -0.05) is 17.7 Å². The maximum Gasteiger partial charge on any atom is 0.258 e. The first kappa shape index (κ1) is 15.7. The Morgan fingerprint density at radius 1 is 1.32 bits per heavy atom. The van der Waals surface area contributed by atoms with E-state index in [2.05, 4.69) is 4.90 Å². The fraction of sp³-hybridized carbons (Fsp3) is 0.562. The molecule has 0 bridgehead atoms. The zero-order valence-electron chi connectivity index (χ0n) is 12.4. The van der Waals surface area contributed by atoms with Crippen LogP contribution in [0.25, 0.3) is 0 Å². The van der Waals surface area contributed by atoms with Gasteiger partial charge in [-0.15, -0.1) is 0 Å². The highest BCUT2D eigenvalue weighted by molar-refractivity contribution is 6.33. The molecule has 1 atom stereocenters. The van der Waals surface area contributed by atoms with Crippen molar-refractivity contribution < 1.29 is 13.9 Å². The Hall–Kier alpha value is -1.17. The van der Waals surface area contributed by atoms with E-state index in [1.165, 1.54) is 12.1 Å². The molecule has 0 aromatic heterocycles. The van der Waals surface area contributed by atoms with Gasteiger partial charge in [-0.25, -0.2) is 4.39 Å². The number of hydrogen-bond donors (Lipinski definition) is 0. The number of carbonyl (C=O) groups is 1. The molecular weight excluding hydrogens is 307 g/mol. The number of ether oxygens (including phenoxy) is 1. The second-order valence-electron chi connectivity index (χ2n) is 5.82. The number of hydrogen-bond acceptors (Lipinski definition) is 3. The van der Waals surface area contributed by atoms with Crippen molar-refractivity contribution in [3.05, 3.63) is 34.6 Å². The second-order valence-corrected chi connectivity index (χ2v) is 6.23. The lowest BCUT2D eigenvalue weighted by Crippen LogP contribution is -2.50. The lowest BCUT2D eigenvalue weighted by molar-refractivity contribution is 0.0430. The van der Waals surface area contributed by atoms with Gasteiger partial charge in [-0.2, -0.15) is 0 Å². The number of nitrogens with zero attached hydrogens (tertiary/aromatic N) is 2. The van der Waals surface area contributed by atoms with Gasteiger partial charge in [-0.3, -0.25) is 9.69 Å². The summed E-state index contributed by atoms with van der Waals surface area (Å²) in [4.78, 5) is 16.4. The van der Waals surface area contributed by atoms with Crippen molar-refractivity contribution >= 4 is 17.5 Å². The molecule has 6 heteroatoms. The van der Waals surface area contributed by atoms with Crippen LogP contribution in [0.4, 0.5) is 4.39 Å². The molecule has 3 rings (SSSR count). The summed E-state index contributed by atoms with van der Waals surface area (Å²) in [6, 6.07) is 4.33. The van der Waals surface area contributed by atoms with Crippen LogP contribution in [0.5, 0.6) is 0 Å². The molecule has 1 aromatic rings. The average molecular weight is 327 g/mol. The topological polar surface area (TPSA) is 32.8 Å². The molecule has 2 aliphatic heterocycles. The summed E-state index contributed by atoms with van der Waals surface area (Å²) in [6.45, 7) is 4.54. The van der Waals surface area contributed by atoms with Crippen LogP contribution in [0.15, 0.2) is 18.2 Å². The first-order chi connectivity index (χ1) is 10.6. The van der Waals surface area contributed by atoms with Crippen LogP contribution in [-0.4, -0.2) is 61.1 Å². The summed E-state index contributed by atoms with van der Waals surface area (Å²) in [5, 5.41) is 0.173. The molecule has 2 aliphatic rings. The highest BCUT2D eigenvalue weighted by atomic mass is 35.5. The average Bonchev–Trinajstić information content (AvgIpc) is 3.00. The van der Waals surface area contributed by atoms with Crippen LogP contribution in [-0.2, 0) is 4.74 Å². The Morgan fingerprint density at radius 3 is 2.73 bits per heavy atom. The van der Waals surface area contributed by atoms with Gasteiger partial charge >= 0.3 is 0 Å². The summed E-state index contributed by atoms with van der Waals surface area (Å²) >= 11 is 5.97. The second kappa shape index (κ2) is 6.94. The number of halogens is 2. The van der Waals surface area contributed by atoms with E-state index in [-0.39, 0.29) is 16.5 Å². The molecule has 0 radical (unpaired) electrons. The smallest absolute Gasteiger partial charge is 0.258 e. The van der Waals surface area contributed by atoms with Crippen LogP contribution in [0.1, 0.15) is 23.2 Å². The fourth-order valence-corrected chi connectivity index (χ4v) is 3.31. The molecule has 1 amide bonds. The molecule has 0 spiro atoms. The third-order valence-electron chi connectivity index (χ3n) is 4.32. The Morgan fingerprint density at radius 2 is 2.09 bits per heavy atom. The standard InChI is InChI=1S/C16H20ClFN2O2/c17-13-4-1-5-14(18)15(13)16(21)20-8-6-19(7-9-20)11-12-3-2-10-22-12/h1,4-5,12H,2-3,6-11H2. The monoisotopic (exact) mass is 326 g/mol. The van der Waals surface area contributed by atoms with E-state index < -0.39 is 5.82 Å². The first-order valence-corrected chi connectivity index (χ1v) is 8.10. The number of carbonyl (C=O) groups excluding carboxylic acids is 1. The van der Waals surface area contributed by atoms with Crippen LogP contribution >= 0.6 is 11.6 Å². The van der Waals surface area contributed by atoms with Crippen molar-refractivity contribution in [2.24, 2.45) is 0 Å². The number of rotatable bonds is 3. The molecule has 2 saturated heterocycles. The maximum absolute atomic E-state index is 13.8. The van der Waals surface area contributed by atoms with E-state index in [4.69, 9.17) is 16.3 Å². The van der Waals surface area contributed by atoms with Crippen LogP contribution < -0.4 is 0 Å². The van der Waals surface area contributed by atoms with Crippen LogP contribution in [0.2, 0.25) is 5.02 Å². The minimum atomic E-state index is -0.556. The Kier molecular flexibility index (Phi) is 4.96. The minimum absolute atomic E-state index is 0.0169. The van der Waals surface area contributed by atoms with E-state index >= 15 is 0 Å². The Balaban J connectivity index is 1.57. The van der Waals surface area contributed by atoms with Gasteiger partial charge in [-0.05, 0) is 25.0 Å². The third-order valence-corrected chi connectivity index (χ3v) is 4.64. The molecule has 2 fully saturated rings. The largest absolute Gasteiger partial charge is 0.377 e. The van der Waals surface area contributed by atoms with Gasteiger partial charge in [0.15, 0.2) is 0 Å². The highest BCUT2D eigenvalue weighted by Crippen LogP contribution is 2.22. The zero-order valence-corrected chi connectivity index (χ0v) is 13.2. The van der Waals surface area contributed by atoms with Gasteiger partial charge in [0.1, 0.15) is 5.82 Å². The molecule has 2 heterocycles. The lowest BCUT2D eigenvalue weighted by atomic mass is 10.1. The van der Waals surface area contributed by atoms with Crippen molar-refractivity contribution in [2.75, 3.05) is 39.3 Å². The molecule has 0 N–H and O–H groups in total. The molecule has 1 aromatic carbocycles. The minimum Gasteiger partial charge on any atom is -0.377 e. The van der Waals surface area contributed by atoms with E-state index in [0.717, 1.165) is 39.1 Å². The molecule has 4 nitrogen and oxygen atoms in total. The summed E-state index contributed by atoms with van der Waals surface area (Å²) in [6.07, 6.45) is 2.57. The van der Waals surface area contributed by atoms with Gasteiger partial charge in [0.2, 0.25) is 0 Å². The van der Waals surface area contributed by atoms with E-state index in [1.54, 1.807) is 11.0 Å². The van der Waals surface area contributed by atoms with Crippen molar-refractivity contribution in [1.82, 2.24) is 9.80 Å². The SMILES string of the molecule is O=C(c1c(F)cccc1Cl)N1CCN(CC2CCCO2)CC1. The van der Waals surface area contributed by atoms with Gasteiger partial charge in [0, 0.05) is 39.3 Å².